The molecule has 0 amide bonds. The molecule has 8 heteroatoms. The molecule has 6 rings (SSSR count). The number of hydrogen-bond acceptors (Lipinski definition) is 7. The molecule has 1 unspecified atom stereocenters. The second-order valence-electron chi connectivity index (χ2n) is 8.77. The first kappa shape index (κ1) is 23.1. The van der Waals surface area contributed by atoms with Crippen LogP contribution in [0.25, 0.3) is 28.1 Å². The fraction of sp³-hybridized carbons (Fsp3) is 0.103. The number of nitrogens with zero attached hydrogens (tertiary/aromatic N) is 5. The van der Waals surface area contributed by atoms with Gasteiger partial charge in [0.1, 0.15) is 6.17 Å². The third-order valence-electron chi connectivity index (χ3n) is 6.59. The van der Waals surface area contributed by atoms with E-state index in [2.05, 4.69) is 110 Å². The van der Waals surface area contributed by atoms with E-state index in [0.717, 1.165) is 44.0 Å². The Bertz CT molecular complexity index is 1550. The third-order valence-corrected chi connectivity index (χ3v) is 7.41. The van der Waals surface area contributed by atoms with Crippen LogP contribution in [0.4, 0.5) is 0 Å². The maximum absolute atomic E-state index is 7.12. The lowest BCUT2D eigenvalue weighted by molar-refractivity contribution is 0.267. The number of thioether (sulfide) groups is 1. The molecule has 0 fully saturated rings. The Morgan fingerprint density at radius 2 is 1.59 bits per heavy atom. The normalized spacial score (nSPS) is 15.1. The largest absolute Gasteiger partial charge is 0.342 e. The van der Waals surface area contributed by atoms with Gasteiger partial charge in [-0.2, -0.15) is 5.21 Å². The van der Waals surface area contributed by atoms with Crippen LogP contribution in [0, 0.1) is 0 Å². The van der Waals surface area contributed by atoms with Gasteiger partial charge >= 0.3 is 0 Å². The summed E-state index contributed by atoms with van der Waals surface area (Å²) in [6.07, 6.45) is 5.42. The summed E-state index contributed by atoms with van der Waals surface area (Å²) in [6, 6.07) is 29.4. The maximum Gasteiger partial charge on any atom is 0.206 e. The molecule has 1 atom stereocenters. The number of fused-ring (bicyclic) bond motifs is 1. The van der Waals surface area contributed by atoms with Crippen LogP contribution in [0.1, 0.15) is 28.4 Å². The molecular formula is C29H25N7S. The number of aromatic nitrogens is 5. The molecule has 0 bridgehead atoms. The fourth-order valence-electron chi connectivity index (χ4n) is 4.94. The quantitative estimate of drug-likeness (QED) is 0.317. The Hall–Kier alpha value is -4.27. The van der Waals surface area contributed by atoms with Crippen molar-refractivity contribution in [3.8, 4) is 22.5 Å². The number of benzene rings is 3. The Kier molecular flexibility index (Phi) is 6.26. The summed E-state index contributed by atoms with van der Waals surface area (Å²) in [4.78, 5) is 6.85. The van der Waals surface area contributed by atoms with Crippen molar-refractivity contribution in [2.45, 2.75) is 12.7 Å². The number of pyridine rings is 1. The Labute approximate surface area is 219 Å². The standard InChI is InChI=1S/C29H25N7S/c1-37-29-25(21-15-22(17-31-16-21)28-32-34-35-33-28)24-14-8-13-23(20-11-6-3-7-12-20)26(24)27(30)36(29)18-19-9-4-2-5-10-19/h2-17,27H,18,30H2,1H3,(H,32,33,34,35). The Balaban J connectivity index is 1.59. The van der Waals surface area contributed by atoms with Gasteiger partial charge in [0.15, 0.2) is 0 Å². The molecule has 3 aromatic carbocycles. The molecule has 0 saturated carbocycles. The SMILES string of the molecule is CSC1=C(c2cncc(-c3nn[nH]n3)c2)c2cccc(-c3ccccc3)c2C(N)N1Cc1ccccc1. The van der Waals surface area contributed by atoms with Gasteiger partial charge in [0, 0.05) is 41.2 Å². The van der Waals surface area contributed by atoms with Crippen LogP contribution in [-0.4, -0.2) is 36.8 Å². The number of H-pyrrole nitrogens is 1. The summed E-state index contributed by atoms with van der Waals surface area (Å²) in [7, 11) is 0. The maximum atomic E-state index is 7.12. The average Bonchev–Trinajstić information content (AvgIpc) is 3.50. The highest BCUT2D eigenvalue weighted by Crippen LogP contribution is 2.47. The van der Waals surface area contributed by atoms with Gasteiger partial charge in [-0.15, -0.1) is 22.0 Å². The van der Waals surface area contributed by atoms with E-state index in [-0.39, 0.29) is 6.17 Å². The molecule has 2 aromatic heterocycles. The summed E-state index contributed by atoms with van der Waals surface area (Å²) in [6.45, 7) is 0.683. The zero-order valence-corrected chi connectivity index (χ0v) is 21.1. The molecule has 5 aromatic rings. The summed E-state index contributed by atoms with van der Waals surface area (Å²) < 4.78 is 0. The monoisotopic (exact) mass is 503 g/mol. The molecule has 1 aliphatic heterocycles. The van der Waals surface area contributed by atoms with Gasteiger partial charge in [-0.25, -0.2) is 0 Å². The minimum atomic E-state index is -0.328. The summed E-state index contributed by atoms with van der Waals surface area (Å²) >= 11 is 1.70. The van der Waals surface area contributed by atoms with E-state index in [9.17, 15) is 0 Å². The first-order chi connectivity index (χ1) is 18.2. The number of nitrogens with two attached hydrogens (primary N) is 1. The Morgan fingerprint density at radius 1 is 0.865 bits per heavy atom. The van der Waals surface area contributed by atoms with E-state index in [4.69, 9.17) is 5.73 Å². The zero-order chi connectivity index (χ0) is 25.2. The average molecular weight is 504 g/mol. The third kappa shape index (κ3) is 4.30. The van der Waals surface area contributed by atoms with Crippen molar-refractivity contribution >= 4 is 17.3 Å². The van der Waals surface area contributed by atoms with Crippen molar-refractivity contribution in [1.82, 2.24) is 30.5 Å². The molecule has 182 valence electrons. The highest BCUT2D eigenvalue weighted by molar-refractivity contribution is 8.02. The lowest BCUT2D eigenvalue weighted by Crippen LogP contribution is -2.37. The van der Waals surface area contributed by atoms with Gasteiger partial charge in [0.2, 0.25) is 5.82 Å². The van der Waals surface area contributed by atoms with Crippen molar-refractivity contribution in [2.75, 3.05) is 6.26 Å². The van der Waals surface area contributed by atoms with Crippen LogP contribution in [0.15, 0.2) is 102 Å². The number of aromatic amines is 1. The highest BCUT2D eigenvalue weighted by Gasteiger charge is 2.33. The van der Waals surface area contributed by atoms with Gasteiger partial charge in [0.25, 0.3) is 0 Å². The number of nitrogens with one attached hydrogen (secondary N) is 1. The fourth-order valence-corrected chi connectivity index (χ4v) is 5.79. The predicted molar refractivity (Wildman–Crippen MR) is 148 cm³/mol. The van der Waals surface area contributed by atoms with Gasteiger partial charge < -0.3 is 10.6 Å². The molecule has 0 radical (unpaired) electrons. The van der Waals surface area contributed by atoms with E-state index in [1.807, 2.05) is 18.3 Å². The minimum absolute atomic E-state index is 0.328. The van der Waals surface area contributed by atoms with Crippen molar-refractivity contribution in [2.24, 2.45) is 5.73 Å². The molecule has 7 nitrogen and oxygen atoms in total. The first-order valence-corrected chi connectivity index (χ1v) is 13.2. The second-order valence-corrected chi connectivity index (χ2v) is 9.57. The number of hydrogen-bond donors (Lipinski definition) is 2. The van der Waals surface area contributed by atoms with Crippen molar-refractivity contribution < 1.29 is 0 Å². The summed E-state index contributed by atoms with van der Waals surface area (Å²) in [5.41, 5.74) is 15.7. The van der Waals surface area contributed by atoms with E-state index in [1.165, 1.54) is 5.56 Å². The lowest BCUT2D eigenvalue weighted by atomic mass is 9.85. The smallest absolute Gasteiger partial charge is 0.206 e. The van der Waals surface area contributed by atoms with Crippen LogP contribution in [-0.2, 0) is 6.54 Å². The number of rotatable bonds is 6. The molecule has 0 spiro atoms. The molecule has 3 heterocycles. The molecule has 0 saturated heterocycles. The first-order valence-electron chi connectivity index (χ1n) is 12.0. The topological polar surface area (TPSA) is 96.6 Å². The lowest BCUT2D eigenvalue weighted by Gasteiger charge is -2.40. The number of tetrazole rings is 1. The Morgan fingerprint density at radius 3 is 2.32 bits per heavy atom. The van der Waals surface area contributed by atoms with Gasteiger partial charge in [0.05, 0.1) is 5.03 Å². The zero-order valence-electron chi connectivity index (χ0n) is 20.2. The molecule has 37 heavy (non-hydrogen) atoms. The van der Waals surface area contributed by atoms with Crippen LogP contribution < -0.4 is 5.73 Å². The van der Waals surface area contributed by atoms with Crippen molar-refractivity contribution in [1.29, 1.82) is 0 Å². The van der Waals surface area contributed by atoms with E-state index in [1.54, 1.807) is 18.0 Å². The van der Waals surface area contributed by atoms with Crippen LogP contribution in [0.3, 0.4) is 0 Å². The molecule has 1 aliphatic rings. The van der Waals surface area contributed by atoms with Crippen molar-refractivity contribution in [3.05, 3.63) is 125 Å². The van der Waals surface area contributed by atoms with Gasteiger partial charge in [-0.3, -0.25) is 4.98 Å². The molecule has 3 N–H and O–H groups in total. The summed E-state index contributed by atoms with van der Waals surface area (Å²) in [5, 5.41) is 15.7. The summed E-state index contributed by atoms with van der Waals surface area (Å²) in [5.74, 6) is 0.507. The second kappa shape index (κ2) is 10.0. The minimum Gasteiger partial charge on any atom is -0.342 e. The van der Waals surface area contributed by atoms with Crippen LogP contribution in [0.5, 0.6) is 0 Å². The van der Waals surface area contributed by atoms with Crippen LogP contribution in [0.2, 0.25) is 0 Å². The van der Waals surface area contributed by atoms with E-state index < -0.39 is 0 Å². The molecular weight excluding hydrogens is 478 g/mol. The van der Waals surface area contributed by atoms with Crippen molar-refractivity contribution in [3.63, 3.8) is 0 Å². The van der Waals surface area contributed by atoms with Crippen LogP contribution >= 0.6 is 11.8 Å². The van der Waals surface area contributed by atoms with Gasteiger partial charge in [-0.05, 0) is 39.8 Å². The molecule has 0 aliphatic carbocycles. The van der Waals surface area contributed by atoms with E-state index in [0.29, 0.717) is 12.4 Å². The predicted octanol–water partition coefficient (Wildman–Crippen LogP) is 5.48. The van der Waals surface area contributed by atoms with Gasteiger partial charge in [-0.1, -0.05) is 78.9 Å². The highest BCUT2D eigenvalue weighted by atomic mass is 32.2. The van der Waals surface area contributed by atoms with E-state index >= 15 is 0 Å².